The molecule has 1 aromatic carbocycles. The zero-order valence-electron chi connectivity index (χ0n) is 11.1. The molecule has 0 radical (unpaired) electrons. The van der Waals surface area contributed by atoms with E-state index in [2.05, 4.69) is 12.2 Å². The van der Waals surface area contributed by atoms with Crippen LogP contribution in [-0.4, -0.2) is 12.5 Å². The standard InChI is InChI=1S/C10H12ClN.C5H7NO/c1-6-4-7(11)5-9-8(6)2-3-10(9)12;7-4-5-2-1-3-6-5/h4-5,10H,2-3,12H2,1H3;6H,1-3H2. The van der Waals surface area contributed by atoms with Gasteiger partial charge in [-0.15, -0.1) is 0 Å². The summed E-state index contributed by atoms with van der Waals surface area (Å²) in [7, 11) is 0. The Balaban J connectivity index is 0.000000163. The van der Waals surface area contributed by atoms with Crippen molar-refractivity contribution in [1.82, 2.24) is 5.32 Å². The SMILES string of the molecule is Cc1cc(Cl)cc2c1CCC2N.O=C=C1CCCN1. The van der Waals surface area contributed by atoms with Crippen molar-refractivity contribution in [2.45, 2.75) is 38.6 Å². The summed E-state index contributed by atoms with van der Waals surface area (Å²) in [6.45, 7) is 3.05. The fourth-order valence-electron chi connectivity index (χ4n) is 2.61. The molecule has 0 bridgehead atoms. The minimum Gasteiger partial charge on any atom is -0.379 e. The van der Waals surface area contributed by atoms with E-state index in [0.29, 0.717) is 0 Å². The summed E-state index contributed by atoms with van der Waals surface area (Å²) in [6, 6.07) is 4.22. The van der Waals surface area contributed by atoms with Gasteiger partial charge in [0.15, 0.2) is 0 Å². The van der Waals surface area contributed by atoms with E-state index in [1.165, 1.54) is 16.7 Å². The van der Waals surface area contributed by atoms with Gasteiger partial charge in [0.1, 0.15) is 5.94 Å². The molecular weight excluding hydrogens is 260 g/mol. The first-order valence-electron chi connectivity index (χ1n) is 6.64. The monoisotopic (exact) mass is 278 g/mol. The van der Waals surface area contributed by atoms with Gasteiger partial charge in [0, 0.05) is 17.6 Å². The molecule has 3 rings (SSSR count). The van der Waals surface area contributed by atoms with Gasteiger partial charge in [-0.2, -0.15) is 0 Å². The smallest absolute Gasteiger partial charge is 0.145 e. The number of hydrogen-bond donors (Lipinski definition) is 2. The normalized spacial score (nSPS) is 20.2. The molecule has 1 aliphatic carbocycles. The Morgan fingerprint density at radius 1 is 1.42 bits per heavy atom. The predicted octanol–water partition coefficient (Wildman–Crippen LogP) is 2.68. The second kappa shape index (κ2) is 6.25. The van der Waals surface area contributed by atoms with Gasteiger partial charge in [0.2, 0.25) is 0 Å². The van der Waals surface area contributed by atoms with Crippen molar-refractivity contribution in [2.24, 2.45) is 5.73 Å². The summed E-state index contributed by atoms with van der Waals surface area (Å²) >= 11 is 5.94. The summed E-state index contributed by atoms with van der Waals surface area (Å²) in [5, 5.41) is 3.71. The number of rotatable bonds is 0. The van der Waals surface area contributed by atoms with Crippen molar-refractivity contribution >= 4 is 17.5 Å². The quantitative estimate of drug-likeness (QED) is 0.718. The van der Waals surface area contributed by atoms with Crippen LogP contribution in [0.25, 0.3) is 0 Å². The van der Waals surface area contributed by atoms with Gasteiger partial charge in [0.05, 0.1) is 5.70 Å². The highest BCUT2D eigenvalue weighted by molar-refractivity contribution is 6.30. The lowest BCUT2D eigenvalue weighted by Gasteiger charge is -2.07. The van der Waals surface area contributed by atoms with Gasteiger partial charge in [-0.25, -0.2) is 4.79 Å². The van der Waals surface area contributed by atoms with E-state index in [9.17, 15) is 4.79 Å². The van der Waals surface area contributed by atoms with E-state index < -0.39 is 0 Å². The lowest BCUT2D eigenvalue weighted by Crippen LogP contribution is -2.05. The Morgan fingerprint density at radius 2 is 2.21 bits per heavy atom. The van der Waals surface area contributed by atoms with Crippen molar-refractivity contribution in [1.29, 1.82) is 0 Å². The van der Waals surface area contributed by atoms with Gasteiger partial charge in [-0.3, -0.25) is 0 Å². The molecule has 4 heteroatoms. The Kier molecular flexibility index (Phi) is 4.65. The highest BCUT2D eigenvalue weighted by atomic mass is 35.5. The Bertz CT molecular complexity index is 513. The summed E-state index contributed by atoms with van der Waals surface area (Å²) in [4.78, 5) is 9.78. The second-order valence-corrected chi connectivity index (χ2v) is 5.48. The fraction of sp³-hybridized carbons (Fsp3) is 0.467. The van der Waals surface area contributed by atoms with Crippen molar-refractivity contribution in [2.75, 3.05) is 6.54 Å². The van der Waals surface area contributed by atoms with Crippen LogP contribution >= 0.6 is 11.6 Å². The average molecular weight is 279 g/mol. The summed E-state index contributed by atoms with van der Waals surface area (Å²) in [5.74, 6) is 1.82. The first-order chi connectivity index (χ1) is 9.11. The van der Waals surface area contributed by atoms with E-state index in [4.69, 9.17) is 17.3 Å². The number of aryl methyl sites for hydroxylation is 1. The topological polar surface area (TPSA) is 55.1 Å². The molecule has 2 aliphatic rings. The van der Waals surface area contributed by atoms with Gasteiger partial charge >= 0.3 is 0 Å². The molecule has 1 aliphatic heterocycles. The molecule has 1 unspecified atom stereocenters. The number of hydrogen-bond acceptors (Lipinski definition) is 3. The molecule has 1 saturated heterocycles. The third-order valence-electron chi connectivity index (χ3n) is 3.64. The number of benzene rings is 1. The molecule has 3 nitrogen and oxygen atoms in total. The lowest BCUT2D eigenvalue weighted by atomic mass is 10.0. The third-order valence-corrected chi connectivity index (χ3v) is 3.86. The highest BCUT2D eigenvalue weighted by Crippen LogP contribution is 2.33. The van der Waals surface area contributed by atoms with E-state index in [0.717, 1.165) is 42.9 Å². The number of allylic oxidation sites excluding steroid dienone is 1. The van der Waals surface area contributed by atoms with Crippen LogP contribution in [0.4, 0.5) is 0 Å². The van der Waals surface area contributed by atoms with Crippen molar-refractivity contribution in [3.8, 4) is 0 Å². The predicted molar refractivity (Wildman–Crippen MR) is 77.9 cm³/mol. The average Bonchev–Trinajstić information content (AvgIpc) is 3.01. The summed E-state index contributed by atoms with van der Waals surface area (Å²) in [6.07, 6.45) is 4.16. The largest absolute Gasteiger partial charge is 0.379 e. The Labute approximate surface area is 118 Å². The first-order valence-corrected chi connectivity index (χ1v) is 7.02. The molecule has 0 aromatic heterocycles. The number of carbonyl (C=O) groups excluding carboxylic acids is 1. The zero-order valence-corrected chi connectivity index (χ0v) is 11.9. The third kappa shape index (κ3) is 3.38. The van der Waals surface area contributed by atoms with Crippen LogP contribution in [0.1, 0.15) is 42.0 Å². The molecule has 0 spiro atoms. The van der Waals surface area contributed by atoms with Gasteiger partial charge in [-0.1, -0.05) is 11.6 Å². The molecule has 0 saturated carbocycles. The molecule has 1 fully saturated rings. The summed E-state index contributed by atoms with van der Waals surface area (Å²) in [5.41, 5.74) is 10.6. The lowest BCUT2D eigenvalue weighted by molar-refractivity contribution is 0.565. The van der Waals surface area contributed by atoms with Gasteiger partial charge < -0.3 is 11.1 Å². The molecule has 102 valence electrons. The molecule has 1 atom stereocenters. The van der Waals surface area contributed by atoms with E-state index in [1.54, 1.807) is 0 Å². The second-order valence-electron chi connectivity index (χ2n) is 5.05. The van der Waals surface area contributed by atoms with Crippen LogP contribution in [0.2, 0.25) is 5.02 Å². The highest BCUT2D eigenvalue weighted by Gasteiger charge is 2.20. The van der Waals surface area contributed by atoms with Crippen LogP contribution in [0.5, 0.6) is 0 Å². The number of nitrogens with two attached hydrogens (primary N) is 1. The van der Waals surface area contributed by atoms with Crippen LogP contribution < -0.4 is 11.1 Å². The first kappa shape index (κ1) is 14.1. The van der Waals surface area contributed by atoms with Gasteiger partial charge in [-0.05, 0) is 61.4 Å². The minimum absolute atomic E-state index is 0.206. The maximum absolute atomic E-state index is 9.78. The molecule has 19 heavy (non-hydrogen) atoms. The molecule has 0 amide bonds. The molecule has 1 aromatic rings. The van der Waals surface area contributed by atoms with Gasteiger partial charge in [0.25, 0.3) is 0 Å². The van der Waals surface area contributed by atoms with Crippen LogP contribution in [0.3, 0.4) is 0 Å². The van der Waals surface area contributed by atoms with Crippen molar-refractivity contribution in [3.05, 3.63) is 39.5 Å². The maximum Gasteiger partial charge on any atom is 0.145 e. The van der Waals surface area contributed by atoms with E-state index in [1.807, 2.05) is 18.1 Å². The summed E-state index contributed by atoms with van der Waals surface area (Å²) < 4.78 is 0. The minimum atomic E-state index is 0.206. The Hall–Kier alpha value is -1.28. The van der Waals surface area contributed by atoms with Crippen LogP contribution in [0.15, 0.2) is 17.8 Å². The zero-order chi connectivity index (χ0) is 13.8. The number of halogens is 1. The van der Waals surface area contributed by atoms with Crippen molar-refractivity contribution < 1.29 is 4.79 Å². The molecule has 3 N–H and O–H groups in total. The Morgan fingerprint density at radius 3 is 2.79 bits per heavy atom. The molecule has 1 heterocycles. The van der Waals surface area contributed by atoms with Crippen molar-refractivity contribution in [3.63, 3.8) is 0 Å². The molecular formula is C15H19ClN2O. The van der Waals surface area contributed by atoms with E-state index in [-0.39, 0.29) is 6.04 Å². The number of nitrogens with one attached hydrogen (secondary N) is 1. The number of fused-ring (bicyclic) bond motifs is 1. The van der Waals surface area contributed by atoms with Crippen LogP contribution in [-0.2, 0) is 11.2 Å². The fourth-order valence-corrected chi connectivity index (χ4v) is 2.89. The van der Waals surface area contributed by atoms with E-state index >= 15 is 0 Å². The van der Waals surface area contributed by atoms with Crippen LogP contribution in [0, 0.1) is 6.92 Å². The maximum atomic E-state index is 9.78.